The van der Waals surface area contributed by atoms with Gasteiger partial charge in [0.15, 0.2) is 0 Å². The highest BCUT2D eigenvalue weighted by Gasteiger charge is 2.16. The van der Waals surface area contributed by atoms with Crippen molar-refractivity contribution in [1.82, 2.24) is 0 Å². The Bertz CT molecular complexity index is 315. The van der Waals surface area contributed by atoms with E-state index in [1.54, 1.807) is 26.2 Å². The van der Waals surface area contributed by atoms with Gasteiger partial charge in [0, 0.05) is 0 Å². The Morgan fingerprint density at radius 1 is 1.38 bits per heavy atom. The first-order valence-corrected chi connectivity index (χ1v) is 4.55. The Kier molecular flexibility index (Phi) is 3.36. The van der Waals surface area contributed by atoms with Crippen LogP contribution in [0.4, 0.5) is 0 Å². The van der Waals surface area contributed by atoms with Crippen molar-refractivity contribution in [2.24, 2.45) is 0 Å². The molecule has 0 atom stereocenters. The fourth-order valence-electron chi connectivity index (χ4n) is 1.11. The predicted molar refractivity (Wildman–Crippen MR) is 55.3 cm³/mol. The van der Waals surface area contributed by atoms with E-state index in [0.717, 1.165) is 5.56 Å². The van der Waals surface area contributed by atoms with Crippen molar-refractivity contribution in [2.75, 3.05) is 7.11 Å². The lowest BCUT2D eigenvalue weighted by Gasteiger charge is -2.09. The minimum absolute atomic E-state index is 0.479. The standard InChI is InChI=1S/C8H10BBrO3/c1-5-3-8(13-2)7(10)4-6(5)9(11)12/h3-4,11-12H,1-2H3. The molecule has 0 saturated heterocycles. The number of hydrogen-bond donors (Lipinski definition) is 2. The zero-order valence-corrected chi connectivity index (χ0v) is 9.00. The van der Waals surface area contributed by atoms with Crippen molar-refractivity contribution in [3.8, 4) is 5.75 Å². The topological polar surface area (TPSA) is 49.7 Å². The lowest BCUT2D eigenvalue weighted by atomic mass is 9.77. The number of ether oxygens (including phenoxy) is 1. The van der Waals surface area contributed by atoms with Gasteiger partial charge in [0.05, 0.1) is 11.6 Å². The van der Waals surface area contributed by atoms with Crippen LogP contribution in [0.25, 0.3) is 0 Å². The summed E-state index contributed by atoms with van der Waals surface area (Å²) in [5, 5.41) is 18.0. The first-order valence-electron chi connectivity index (χ1n) is 3.76. The molecule has 1 aromatic rings. The molecule has 0 saturated carbocycles. The molecule has 0 heterocycles. The molecule has 0 spiro atoms. The molecule has 1 rings (SSSR count). The van der Waals surface area contributed by atoms with Crippen molar-refractivity contribution < 1.29 is 14.8 Å². The molecule has 13 heavy (non-hydrogen) atoms. The molecule has 0 unspecified atom stereocenters. The molecular formula is C8H10BBrO3. The van der Waals surface area contributed by atoms with Gasteiger partial charge in [-0.2, -0.15) is 0 Å². The van der Waals surface area contributed by atoms with E-state index >= 15 is 0 Å². The van der Waals surface area contributed by atoms with Gasteiger partial charge in [-0.3, -0.25) is 0 Å². The van der Waals surface area contributed by atoms with Gasteiger partial charge in [0.2, 0.25) is 0 Å². The third-order valence-corrected chi connectivity index (χ3v) is 2.44. The number of hydrogen-bond acceptors (Lipinski definition) is 3. The number of methoxy groups -OCH3 is 1. The van der Waals surface area contributed by atoms with Crippen LogP contribution in [-0.4, -0.2) is 24.3 Å². The first-order chi connectivity index (χ1) is 6.06. The largest absolute Gasteiger partial charge is 0.496 e. The van der Waals surface area contributed by atoms with Gasteiger partial charge in [-0.15, -0.1) is 0 Å². The Hall–Kier alpha value is -0.515. The Balaban J connectivity index is 3.20. The summed E-state index contributed by atoms with van der Waals surface area (Å²) in [6.45, 7) is 1.80. The SMILES string of the molecule is COc1cc(C)c(B(O)O)cc1Br. The molecular weight excluding hydrogens is 235 g/mol. The van der Waals surface area contributed by atoms with Crippen LogP contribution in [0.2, 0.25) is 0 Å². The Morgan fingerprint density at radius 2 is 2.00 bits per heavy atom. The van der Waals surface area contributed by atoms with Gasteiger partial charge in [-0.1, -0.05) is 0 Å². The number of halogens is 1. The van der Waals surface area contributed by atoms with Crippen molar-refractivity contribution >= 4 is 28.5 Å². The molecule has 0 aliphatic carbocycles. The normalized spacial score (nSPS) is 9.92. The summed E-state index contributed by atoms with van der Waals surface area (Å²) in [6.07, 6.45) is 0. The van der Waals surface area contributed by atoms with Gasteiger partial charge in [-0.25, -0.2) is 0 Å². The highest BCUT2D eigenvalue weighted by molar-refractivity contribution is 9.10. The van der Waals surface area contributed by atoms with E-state index in [4.69, 9.17) is 14.8 Å². The van der Waals surface area contributed by atoms with Crippen LogP contribution in [0.3, 0.4) is 0 Å². The van der Waals surface area contributed by atoms with Crippen molar-refractivity contribution in [2.45, 2.75) is 6.92 Å². The van der Waals surface area contributed by atoms with Crippen LogP contribution in [0, 0.1) is 6.92 Å². The summed E-state index contributed by atoms with van der Waals surface area (Å²) in [4.78, 5) is 0. The number of aryl methyl sites for hydroxylation is 1. The van der Waals surface area contributed by atoms with E-state index in [2.05, 4.69) is 15.9 Å². The van der Waals surface area contributed by atoms with E-state index in [0.29, 0.717) is 15.7 Å². The lowest BCUT2D eigenvalue weighted by Crippen LogP contribution is -2.32. The molecule has 0 aromatic heterocycles. The van der Waals surface area contributed by atoms with E-state index in [1.165, 1.54) is 0 Å². The second kappa shape index (κ2) is 4.13. The molecule has 0 fully saturated rings. The second-order valence-corrected chi connectivity index (χ2v) is 3.57. The maximum absolute atomic E-state index is 8.99. The molecule has 2 N–H and O–H groups in total. The summed E-state index contributed by atoms with van der Waals surface area (Å²) in [5.74, 6) is 0.682. The average molecular weight is 245 g/mol. The molecule has 0 amide bonds. The van der Waals surface area contributed by atoms with Crippen LogP contribution in [0.1, 0.15) is 5.56 Å². The molecule has 70 valence electrons. The second-order valence-electron chi connectivity index (χ2n) is 2.72. The highest BCUT2D eigenvalue weighted by Crippen LogP contribution is 2.24. The zero-order valence-electron chi connectivity index (χ0n) is 7.41. The zero-order chi connectivity index (χ0) is 10.0. The number of rotatable bonds is 2. The lowest BCUT2D eigenvalue weighted by molar-refractivity contribution is 0.411. The smallest absolute Gasteiger partial charge is 0.488 e. The van der Waals surface area contributed by atoms with Crippen LogP contribution in [-0.2, 0) is 0 Å². The molecule has 0 bridgehead atoms. The molecule has 1 aromatic carbocycles. The summed E-state index contributed by atoms with van der Waals surface area (Å²) >= 11 is 3.26. The first kappa shape index (κ1) is 10.6. The van der Waals surface area contributed by atoms with Crippen LogP contribution < -0.4 is 10.2 Å². The van der Waals surface area contributed by atoms with E-state index in [-0.39, 0.29) is 0 Å². The van der Waals surface area contributed by atoms with Gasteiger partial charge in [-0.05, 0) is 46.0 Å². The molecule has 0 aliphatic rings. The molecule has 3 nitrogen and oxygen atoms in total. The van der Waals surface area contributed by atoms with Crippen molar-refractivity contribution in [3.05, 3.63) is 22.2 Å². The van der Waals surface area contributed by atoms with E-state index < -0.39 is 7.12 Å². The van der Waals surface area contributed by atoms with E-state index in [1.807, 2.05) is 0 Å². The summed E-state index contributed by atoms with van der Waals surface area (Å²) in [7, 11) is 0.122. The third-order valence-electron chi connectivity index (χ3n) is 1.82. The summed E-state index contributed by atoms with van der Waals surface area (Å²) < 4.78 is 5.76. The fourth-order valence-corrected chi connectivity index (χ4v) is 1.63. The summed E-state index contributed by atoms with van der Waals surface area (Å²) in [5.41, 5.74) is 1.27. The fraction of sp³-hybridized carbons (Fsp3) is 0.250. The molecule has 0 aliphatic heterocycles. The predicted octanol–water partition coefficient (Wildman–Crippen LogP) is 0.446. The maximum atomic E-state index is 8.99. The van der Waals surface area contributed by atoms with Gasteiger partial charge >= 0.3 is 7.12 Å². The van der Waals surface area contributed by atoms with E-state index in [9.17, 15) is 0 Å². The monoisotopic (exact) mass is 244 g/mol. The Morgan fingerprint density at radius 3 is 2.46 bits per heavy atom. The minimum Gasteiger partial charge on any atom is -0.496 e. The van der Waals surface area contributed by atoms with Gasteiger partial charge in [0.1, 0.15) is 5.75 Å². The highest BCUT2D eigenvalue weighted by atomic mass is 79.9. The summed E-state index contributed by atoms with van der Waals surface area (Å²) in [6, 6.07) is 3.39. The minimum atomic E-state index is -1.44. The quantitative estimate of drug-likeness (QED) is 0.743. The van der Waals surface area contributed by atoms with Crippen molar-refractivity contribution in [3.63, 3.8) is 0 Å². The van der Waals surface area contributed by atoms with Crippen molar-refractivity contribution in [1.29, 1.82) is 0 Å². The van der Waals surface area contributed by atoms with Gasteiger partial charge < -0.3 is 14.8 Å². The van der Waals surface area contributed by atoms with Gasteiger partial charge in [0.25, 0.3) is 0 Å². The van der Waals surface area contributed by atoms with Crippen LogP contribution in [0.5, 0.6) is 5.75 Å². The van der Waals surface area contributed by atoms with Crippen LogP contribution in [0.15, 0.2) is 16.6 Å². The third kappa shape index (κ3) is 2.24. The maximum Gasteiger partial charge on any atom is 0.488 e. The average Bonchev–Trinajstić information content (AvgIpc) is 2.07. The molecule has 0 radical (unpaired) electrons. The van der Waals surface area contributed by atoms with Crippen LogP contribution >= 0.6 is 15.9 Å². The Labute approximate surface area is 85.6 Å². The molecule has 5 heteroatoms. The number of benzene rings is 1.